The lowest BCUT2D eigenvalue weighted by atomic mass is 9.84. The number of benzene rings is 11. The molecule has 0 bridgehead atoms. The lowest BCUT2D eigenvalue weighted by molar-refractivity contribution is 0.305. The summed E-state index contributed by atoms with van der Waals surface area (Å²) in [7, 11) is 0. The van der Waals surface area contributed by atoms with Crippen LogP contribution in [-0.2, 0) is 51.4 Å². The number of aromatic nitrogens is 2. The van der Waals surface area contributed by atoms with Crippen LogP contribution < -0.4 is 0 Å². The quantitative estimate of drug-likeness (QED) is 0.0719. The van der Waals surface area contributed by atoms with Gasteiger partial charge >= 0.3 is 0 Å². The van der Waals surface area contributed by atoms with Gasteiger partial charge in [-0.1, -0.05) is 488 Å². The van der Waals surface area contributed by atoms with E-state index in [0.717, 1.165) is 66.6 Å². The first-order valence-electron chi connectivity index (χ1n) is 45.4. The summed E-state index contributed by atoms with van der Waals surface area (Å²) in [5, 5.41) is 6.81. The summed E-state index contributed by atoms with van der Waals surface area (Å²) >= 11 is 0. The highest BCUT2D eigenvalue weighted by atomic mass is 14.7. The number of rotatable bonds is 21. The fraction of sp³-hybridized carbons (Fsp3) is 0.443. The van der Waals surface area contributed by atoms with Crippen molar-refractivity contribution in [3.63, 3.8) is 0 Å². The summed E-state index contributed by atoms with van der Waals surface area (Å²) in [6.45, 7) is 47.6. The van der Waals surface area contributed by atoms with E-state index in [1.807, 2.05) is 12.3 Å². The molecular weight excluding hydrogens is 1490 g/mol. The maximum absolute atomic E-state index is 3.31. The van der Waals surface area contributed by atoms with Gasteiger partial charge in [0.05, 0.1) is 0 Å². The number of H-pyrrole nitrogens is 2. The van der Waals surface area contributed by atoms with Crippen molar-refractivity contribution in [2.45, 2.75) is 299 Å². The van der Waals surface area contributed by atoms with Crippen LogP contribution >= 0.6 is 0 Å². The largest absolute Gasteiger partial charge is 0.365 e. The fourth-order valence-electron chi connectivity index (χ4n) is 14.9. The molecule has 2 aromatic heterocycles. The molecule has 11 aromatic carbocycles. The van der Waals surface area contributed by atoms with E-state index in [9.17, 15) is 0 Å². The van der Waals surface area contributed by atoms with Gasteiger partial charge in [-0.05, 0) is 243 Å². The average Bonchev–Trinajstić information content (AvgIpc) is 1.79. The summed E-state index contributed by atoms with van der Waals surface area (Å²) < 4.78 is 0. The van der Waals surface area contributed by atoms with Crippen molar-refractivity contribution >= 4 is 32.4 Å². The first kappa shape index (κ1) is 115. The van der Waals surface area contributed by atoms with Gasteiger partial charge < -0.3 is 9.97 Å². The monoisotopic (exact) mass is 1670 g/mol. The molecule has 1 aliphatic rings. The number of aryl methyl sites for hydroxylation is 4. The Morgan fingerprint density at radius 1 is 0.298 bits per heavy atom. The number of aromatic amines is 2. The number of hydrogen-bond donors (Lipinski definition) is 2. The smallest absolute Gasteiger partial charge is 0.0456 e. The molecule has 0 amide bonds. The van der Waals surface area contributed by atoms with E-state index >= 15 is 0 Å². The molecule has 2 heterocycles. The first-order chi connectivity index (χ1) is 56.4. The zero-order valence-corrected chi connectivity index (χ0v) is 77.4. The summed E-state index contributed by atoms with van der Waals surface area (Å²) in [5.74, 6) is 6.58. The van der Waals surface area contributed by atoms with Gasteiger partial charge in [-0.2, -0.15) is 0 Å². The maximum Gasteiger partial charge on any atom is 0.0456 e. The van der Waals surface area contributed by atoms with Crippen molar-refractivity contribution in [3.05, 3.63) is 348 Å². The van der Waals surface area contributed by atoms with Crippen LogP contribution in [0.1, 0.15) is 291 Å². The van der Waals surface area contributed by atoms with Gasteiger partial charge in [-0.3, -0.25) is 0 Å². The Morgan fingerprint density at radius 2 is 0.694 bits per heavy atom. The van der Waals surface area contributed by atoms with Crippen molar-refractivity contribution in [3.8, 4) is 22.3 Å². The molecule has 2 heteroatoms. The van der Waals surface area contributed by atoms with Crippen LogP contribution in [0.4, 0.5) is 0 Å². The van der Waals surface area contributed by atoms with E-state index in [2.05, 4.69) is 441 Å². The molecule has 1 fully saturated rings. The Labute approximate surface area is 764 Å². The molecule has 2 nitrogen and oxygen atoms in total. The van der Waals surface area contributed by atoms with E-state index in [1.54, 1.807) is 0 Å². The summed E-state index contributed by atoms with van der Waals surface area (Å²) in [4.78, 5) is 6.50. The molecule has 0 unspecified atom stereocenters. The minimum atomic E-state index is 0. The molecular formula is C122H180N2. The molecule has 0 spiro atoms. The molecule has 124 heavy (non-hydrogen) atoms. The predicted octanol–water partition coefficient (Wildman–Crippen LogP) is 38.2. The Bertz CT molecular complexity index is 4670. The fourth-order valence-corrected chi connectivity index (χ4v) is 14.9. The minimum absolute atomic E-state index is 0. The molecule has 14 rings (SSSR count). The second-order valence-electron chi connectivity index (χ2n) is 38.7. The van der Waals surface area contributed by atoms with Crippen molar-refractivity contribution in [1.29, 1.82) is 0 Å². The molecule has 0 aliphatic heterocycles. The molecule has 0 saturated heterocycles. The average molecular weight is 1670 g/mol. The second kappa shape index (κ2) is 62.8. The molecule has 13 aromatic rings. The van der Waals surface area contributed by atoms with Crippen molar-refractivity contribution < 1.29 is 0 Å². The number of hydrogen-bond acceptors (Lipinski definition) is 0. The number of para-hydroxylation sites is 1. The van der Waals surface area contributed by atoms with Crippen molar-refractivity contribution in [2.75, 3.05) is 0 Å². The van der Waals surface area contributed by atoms with Crippen LogP contribution in [0.5, 0.6) is 0 Å². The van der Waals surface area contributed by atoms with E-state index in [-0.39, 0.29) is 44.6 Å². The normalized spacial score (nSPS) is 11.4. The molecule has 0 atom stereocenters. The van der Waals surface area contributed by atoms with Gasteiger partial charge in [-0.25, -0.2) is 0 Å². The molecule has 678 valence electrons. The van der Waals surface area contributed by atoms with Crippen molar-refractivity contribution in [1.82, 2.24) is 9.97 Å². The van der Waals surface area contributed by atoms with Gasteiger partial charge in [0.2, 0.25) is 0 Å². The van der Waals surface area contributed by atoms with Crippen LogP contribution in [0.3, 0.4) is 0 Å². The Hall–Kier alpha value is -9.24. The van der Waals surface area contributed by atoms with Gasteiger partial charge in [0, 0.05) is 29.0 Å². The van der Waals surface area contributed by atoms with E-state index in [0.29, 0.717) is 10.8 Å². The standard InChI is InChI=1S/C17H20.C16H18.2C14H16.C13H17N.C12H18.C11H16.C10H20.C9H15N.6CH4/c1-14(2)8-9-15-10-12-17(13-11-15)16-6-4-3-5-7-16;1-13(2)12-14-8-10-16(11-9-14)15-6-4-3-5-7-15;1-11(2)10-13-8-5-7-12-6-3-4-9-14(12)13;1-11(2)9-12-7-8-13-5-3-4-6-14(13)10-12;1-13(2,3)8-10-9-14-12-7-5-4-6-11(10)12;1-10(2)4-7-12-8-5-11(3)6-9-12;1-10(2)8-9-11-6-4-3-5-7-11;1-9(2)8-10-6-4-3-5-7-10;1-9(2,3)7-8-5-4-6-10-8;;;;;;/h3-7,10-14H,8-9H2,1-2H3;3-11,13H,12H2,1-2H3;3-9,11H,10H2,1-2H3;3-8,10-11H,9H2,1-2H3;4-7,9,14H,8H2,1-3H3;5-6,8-10H,4,7H2,1-3H3;3-7,10H,8-9H2,1-2H3;9-10H,3-8H2,1-2H3;4-6,10H,7H2,1-3H3;6*1H4. The van der Waals surface area contributed by atoms with Crippen LogP contribution in [0.2, 0.25) is 0 Å². The summed E-state index contributed by atoms with van der Waals surface area (Å²) in [6.07, 6.45) is 26.3. The lowest BCUT2D eigenvalue weighted by Gasteiger charge is -2.22. The topological polar surface area (TPSA) is 31.6 Å². The summed E-state index contributed by atoms with van der Waals surface area (Å²) in [5.41, 5.74) is 20.0. The maximum atomic E-state index is 3.31. The van der Waals surface area contributed by atoms with Gasteiger partial charge in [0.25, 0.3) is 0 Å². The SMILES string of the molecule is C.C.C.C.C.C.CC(C)(C)Cc1c[nH]c2ccccc12.CC(C)(C)Cc1ccc[nH]1.CC(C)CC1CCCCC1.CC(C)CCc1ccc(-c2ccccc2)cc1.CC(C)CCc1ccccc1.CC(C)Cc1ccc(-c2ccccc2)cc1.CC(C)Cc1ccc2ccccc2c1.CC(C)Cc1cccc2ccccc12.Cc1ccc(CCC(C)C)cc1. The van der Waals surface area contributed by atoms with Gasteiger partial charge in [-0.15, -0.1) is 0 Å². The molecule has 2 N–H and O–H groups in total. The highest BCUT2D eigenvalue weighted by Gasteiger charge is 2.16. The third-order valence-electron chi connectivity index (χ3n) is 21.0. The summed E-state index contributed by atoms with van der Waals surface area (Å²) in [6, 6.07) is 102. The molecule has 1 aliphatic carbocycles. The van der Waals surface area contributed by atoms with Crippen LogP contribution in [-0.4, -0.2) is 9.97 Å². The predicted molar refractivity (Wildman–Crippen MR) is 566 cm³/mol. The third-order valence-corrected chi connectivity index (χ3v) is 21.0. The number of fused-ring (bicyclic) bond motifs is 3. The van der Waals surface area contributed by atoms with E-state index in [1.165, 1.54) is 195 Å². The Morgan fingerprint density at radius 3 is 1.15 bits per heavy atom. The van der Waals surface area contributed by atoms with Crippen molar-refractivity contribution in [2.24, 2.45) is 58.2 Å². The van der Waals surface area contributed by atoms with E-state index in [4.69, 9.17) is 0 Å². The third kappa shape index (κ3) is 48.9. The van der Waals surface area contributed by atoms with Crippen LogP contribution in [0.15, 0.2) is 298 Å². The highest BCUT2D eigenvalue weighted by Crippen LogP contribution is 2.31. The number of nitrogens with one attached hydrogen (secondary N) is 2. The zero-order chi connectivity index (χ0) is 85.7. The zero-order valence-electron chi connectivity index (χ0n) is 77.4. The Balaban J connectivity index is 0.00000137. The molecule has 0 radical (unpaired) electrons. The van der Waals surface area contributed by atoms with Gasteiger partial charge in [0.15, 0.2) is 0 Å². The first-order valence-corrected chi connectivity index (χ1v) is 45.4. The lowest BCUT2D eigenvalue weighted by Crippen LogP contribution is -2.08. The van der Waals surface area contributed by atoms with Crippen LogP contribution in [0, 0.1) is 65.1 Å². The van der Waals surface area contributed by atoms with E-state index < -0.39 is 0 Å². The minimum Gasteiger partial charge on any atom is -0.365 e. The highest BCUT2D eigenvalue weighted by molar-refractivity contribution is 5.86. The second-order valence-corrected chi connectivity index (χ2v) is 38.7. The Kier molecular flexibility index (Phi) is 58.1. The molecule has 1 saturated carbocycles. The van der Waals surface area contributed by atoms with Gasteiger partial charge in [0.1, 0.15) is 0 Å². The van der Waals surface area contributed by atoms with Crippen LogP contribution in [0.25, 0.3) is 54.7 Å².